The Hall–Kier alpha value is -2.10. The van der Waals surface area contributed by atoms with Crippen molar-refractivity contribution in [2.24, 2.45) is 0 Å². The quantitative estimate of drug-likeness (QED) is 0.854. The molecule has 2 aliphatic heterocycles. The number of para-hydroxylation sites is 1. The number of likely N-dealkylation sites (tertiary alicyclic amines) is 1. The van der Waals surface area contributed by atoms with E-state index in [1.807, 2.05) is 38.2 Å². The first-order chi connectivity index (χ1) is 10.6. The number of nitrogens with one attached hydrogen (secondary N) is 1. The number of anilines is 1. The predicted molar refractivity (Wildman–Crippen MR) is 86.6 cm³/mol. The van der Waals surface area contributed by atoms with Crippen molar-refractivity contribution in [2.45, 2.75) is 44.6 Å². The van der Waals surface area contributed by atoms with E-state index in [9.17, 15) is 9.59 Å². The van der Waals surface area contributed by atoms with Gasteiger partial charge in [-0.25, -0.2) is 0 Å². The second-order valence-corrected chi connectivity index (χ2v) is 6.10. The van der Waals surface area contributed by atoms with Crippen molar-refractivity contribution >= 4 is 17.5 Å². The van der Waals surface area contributed by atoms with Gasteiger partial charge in [-0.1, -0.05) is 36.8 Å². The molecule has 3 rings (SSSR count). The lowest BCUT2D eigenvalue weighted by Gasteiger charge is -2.46. The summed E-state index contributed by atoms with van der Waals surface area (Å²) in [6, 6.07) is 7.66. The van der Waals surface area contributed by atoms with E-state index in [-0.39, 0.29) is 17.9 Å². The zero-order valence-corrected chi connectivity index (χ0v) is 13.3. The van der Waals surface area contributed by atoms with Gasteiger partial charge in [-0.2, -0.15) is 0 Å². The average molecular weight is 298 g/mol. The van der Waals surface area contributed by atoms with Crippen LogP contribution in [0.1, 0.15) is 38.7 Å². The van der Waals surface area contributed by atoms with Gasteiger partial charge in [0, 0.05) is 19.2 Å². The second-order valence-electron chi connectivity index (χ2n) is 6.10. The summed E-state index contributed by atoms with van der Waals surface area (Å²) in [7, 11) is 1.82. The first kappa shape index (κ1) is 14.8. The Balaban J connectivity index is 2.22. The molecule has 1 aromatic carbocycles. The summed E-state index contributed by atoms with van der Waals surface area (Å²) in [5.41, 5.74) is 2.39. The van der Waals surface area contributed by atoms with E-state index in [4.69, 9.17) is 0 Å². The van der Waals surface area contributed by atoms with Gasteiger partial charge in [0.05, 0.1) is 6.04 Å². The highest BCUT2D eigenvalue weighted by Gasteiger charge is 2.57. The number of carbonyl (C=O) groups excluding carboxylic acids is 2. The number of hydrogen-bond acceptors (Lipinski definition) is 2. The maximum atomic E-state index is 12.9. The fraction of sp³-hybridized carbons (Fsp3) is 0.444. The lowest BCUT2D eigenvalue weighted by Crippen LogP contribution is -2.59. The molecule has 1 fully saturated rings. The van der Waals surface area contributed by atoms with Crippen molar-refractivity contribution in [3.63, 3.8) is 0 Å². The van der Waals surface area contributed by atoms with Crippen molar-refractivity contribution in [1.29, 1.82) is 0 Å². The second kappa shape index (κ2) is 5.27. The van der Waals surface area contributed by atoms with Gasteiger partial charge >= 0.3 is 0 Å². The molecule has 0 aromatic heterocycles. The number of nitrogens with zero attached hydrogens (tertiary/aromatic N) is 1. The van der Waals surface area contributed by atoms with Crippen LogP contribution in [0.25, 0.3) is 0 Å². The molecule has 2 unspecified atom stereocenters. The van der Waals surface area contributed by atoms with Crippen LogP contribution in [0.15, 0.2) is 35.9 Å². The Kier molecular flexibility index (Phi) is 3.55. The van der Waals surface area contributed by atoms with E-state index >= 15 is 0 Å². The van der Waals surface area contributed by atoms with E-state index in [1.165, 1.54) is 0 Å². The number of likely N-dealkylation sites (N-methyl/N-ethyl adjacent to an activating group) is 1. The third-order valence-corrected chi connectivity index (χ3v) is 5.17. The summed E-state index contributed by atoms with van der Waals surface area (Å²) in [4.78, 5) is 27.0. The molecule has 22 heavy (non-hydrogen) atoms. The number of allylic oxidation sites excluding steroid dienone is 1. The number of fused-ring (bicyclic) bond motifs is 2. The maximum absolute atomic E-state index is 12.9. The monoisotopic (exact) mass is 298 g/mol. The summed E-state index contributed by atoms with van der Waals surface area (Å²) in [5, 5.41) is 3.02. The number of piperidine rings is 1. The maximum Gasteiger partial charge on any atom is 0.237 e. The number of rotatable bonds is 2. The SMILES string of the molecule is CC=C(CC)C1N(C)C(=O)CCC12C(=O)Nc1ccccc12. The van der Waals surface area contributed by atoms with E-state index in [2.05, 4.69) is 18.3 Å². The first-order valence-electron chi connectivity index (χ1n) is 7.88. The molecule has 1 saturated heterocycles. The van der Waals surface area contributed by atoms with Gasteiger partial charge in [0.25, 0.3) is 0 Å². The average Bonchev–Trinajstić information content (AvgIpc) is 2.80. The lowest BCUT2D eigenvalue weighted by atomic mass is 9.66. The smallest absolute Gasteiger partial charge is 0.237 e. The molecule has 116 valence electrons. The highest BCUT2D eigenvalue weighted by Crippen LogP contribution is 2.49. The Morgan fingerprint density at radius 2 is 2.14 bits per heavy atom. The van der Waals surface area contributed by atoms with Crippen LogP contribution in [-0.4, -0.2) is 29.8 Å². The highest BCUT2D eigenvalue weighted by atomic mass is 16.2. The fourth-order valence-electron chi connectivity index (χ4n) is 4.07. The molecule has 1 spiro atoms. The van der Waals surface area contributed by atoms with Crippen LogP contribution in [0.2, 0.25) is 0 Å². The minimum absolute atomic E-state index is 0.0193. The minimum atomic E-state index is -0.656. The molecule has 4 nitrogen and oxygen atoms in total. The summed E-state index contributed by atoms with van der Waals surface area (Å²) in [6.45, 7) is 4.06. The van der Waals surface area contributed by atoms with E-state index in [0.29, 0.717) is 12.8 Å². The Bertz CT molecular complexity index is 665. The fourth-order valence-corrected chi connectivity index (χ4v) is 4.07. The topological polar surface area (TPSA) is 49.4 Å². The van der Waals surface area contributed by atoms with E-state index in [0.717, 1.165) is 23.2 Å². The van der Waals surface area contributed by atoms with Crippen LogP contribution in [0.4, 0.5) is 5.69 Å². The molecule has 1 N–H and O–H groups in total. The molecular weight excluding hydrogens is 276 g/mol. The van der Waals surface area contributed by atoms with Gasteiger partial charge in [-0.3, -0.25) is 9.59 Å². The van der Waals surface area contributed by atoms with Crippen LogP contribution in [-0.2, 0) is 15.0 Å². The van der Waals surface area contributed by atoms with Crippen molar-refractivity contribution < 1.29 is 9.59 Å². The Labute approximate surface area is 131 Å². The predicted octanol–water partition coefficient (Wildman–Crippen LogP) is 2.85. The molecular formula is C18H22N2O2. The molecule has 2 heterocycles. The Morgan fingerprint density at radius 3 is 2.82 bits per heavy atom. The van der Waals surface area contributed by atoms with Gasteiger partial charge < -0.3 is 10.2 Å². The molecule has 0 aliphatic carbocycles. The molecule has 0 bridgehead atoms. The molecule has 2 atom stereocenters. The molecule has 0 saturated carbocycles. The number of amides is 2. The molecule has 0 radical (unpaired) electrons. The van der Waals surface area contributed by atoms with E-state index in [1.54, 1.807) is 4.90 Å². The highest BCUT2D eigenvalue weighted by molar-refractivity contribution is 6.08. The van der Waals surface area contributed by atoms with Crippen molar-refractivity contribution in [3.8, 4) is 0 Å². The van der Waals surface area contributed by atoms with Crippen molar-refractivity contribution in [2.75, 3.05) is 12.4 Å². The number of hydrogen-bond donors (Lipinski definition) is 1. The third-order valence-electron chi connectivity index (χ3n) is 5.17. The van der Waals surface area contributed by atoms with Crippen LogP contribution in [0.3, 0.4) is 0 Å². The van der Waals surface area contributed by atoms with Gasteiger partial charge in [0.15, 0.2) is 0 Å². The van der Waals surface area contributed by atoms with Gasteiger partial charge in [-0.15, -0.1) is 0 Å². The molecule has 4 heteroatoms. The molecule has 1 aromatic rings. The van der Waals surface area contributed by atoms with Crippen LogP contribution >= 0.6 is 0 Å². The van der Waals surface area contributed by atoms with Crippen molar-refractivity contribution in [1.82, 2.24) is 4.90 Å². The number of carbonyl (C=O) groups is 2. The third kappa shape index (κ3) is 1.83. The summed E-state index contributed by atoms with van der Waals surface area (Å²) >= 11 is 0. The number of benzene rings is 1. The van der Waals surface area contributed by atoms with Crippen molar-refractivity contribution in [3.05, 3.63) is 41.5 Å². The van der Waals surface area contributed by atoms with Gasteiger partial charge in [0.2, 0.25) is 11.8 Å². The van der Waals surface area contributed by atoms with Crippen LogP contribution in [0, 0.1) is 0 Å². The summed E-state index contributed by atoms with van der Waals surface area (Å²) in [5.74, 6) is 0.131. The summed E-state index contributed by atoms with van der Waals surface area (Å²) in [6.07, 6.45) is 3.86. The Morgan fingerprint density at radius 1 is 1.41 bits per heavy atom. The van der Waals surface area contributed by atoms with Crippen LogP contribution in [0.5, 0.6) is 0 Å². The zero-order valence-electron chi connectivity index (χ0n) is 13.3. The normalized spacial score (nSPS) is 28.0. The minimum Gasteiger partial charge on any atom is -0.338 e. The van der Waals surface area contributed by atoms with Gasteiger partial charge in [-0.05, 0) is 31.4 Å². The van der Waals surface area contributed by atoms with Gasteiger partial charge in [0.1, 0.15) is 5.41 Å². The first-order valence-corrected chi connectivity index (χ1v) is 7.88. The van der Waals surface area contributed by atoms with Crippen LogP contribution < -0.4 is 5.32 Å². The zero-order chi connectivity index (χ0) is 15.9. The lowest BCUT2D eigenvalue weighted by molar-refractivity contribution is -0.140. The van der Waals surface area contributed by atoms with E-state index < -0.39 is 5.41 Å². The largest absolute Gasteiger partial charge is 0.338 e. The summed E-state index contributed by atoms with van der Waals surface area (Å²) < 4.78 is 0. The molecule has 2 aliphatic rings. The standard InChI is InChI=1S/C18H22N2O2/c1-4-12(5-2)16-18(11-10-15(21)20(16)3)13-8-6-7-9-14(13)19-17(18)22/h4,6-9,16H,5,10-11H2,1-3H3,(H,19,22). The molecule has 2 amide bonds.